The number of anilines is 1. The van der Waals surface area contributed by atoms with Gasteiger partial charge in [0.05, 0.1) is 9.92 Å². The Bertz CT molecular complexity index is 947. The van der Waals surface area contributed by atoms with Gasteiger partial charge in [0, 0.05) is 11.9 Å². The Morgan fingerprint density at radius 2 is 1.48 bits per heavy atom. The minimum atomic E-state index is -4.01. The standard InChI is InChI=1S/C15H16ClNO4S2/c1-10-6-11(2)8-12(7-10)17-23(20,21)15-9-13(22(3,18)19)4-5-14(15)16/h4-9,17H,1-3H3. The lowest BCUT2D eigenvalue weighted by Crippen LogP contribution is -2.14. The van der Waals surface area contributed by atoms with E-state index in [9.17, 15) is 16.8 Å². The molecule has 0 aliphatic carbocycles. The first-order valence-corrected chi connectivity index (χ1v) is 10.3. The van der Waals surface area contributed by atoms with Crippen LogP contribution in [0, 0.1) is 13.8 Å². The number of sulfonamides is 1. The molecule has 0 unspecified atom stereocenters. The largest absolute Gasteiger partial charge is 0.280 e. The number of benzene rings is 2. The number of hydrogen-bond donors (Lipinski definition) is 1. The number of sulfone groups is 1. The Kier molecular flexibility index (Phi) is 4.75. The molecule has 124 valence electrons. The Morgan fingerprint density at radius 3 is 2.00 bits per heavy atom. The molecule has 1 N–H and O–H groups in total. The van der Waals surface area contributed by atoms with Crippen molar-refractivity contribution in [3.8, 4) is 0 Å². The molecule has 0 heterocycles. The van der Waals surface area contributed by atoms with Gasteiger partial charge in [-0.05, 0) is 55.3 Å². The maximum Gasteiger partial charge on any atom is 0.263 e. The molecule has 0 aromatic heterocycles. The summed E-state index contributed by atoms with van der Waals surface area (Å²) in [5.74, 6) is 0. The lowest BCUT2D eigenvalue weighted by molar-refractivity contribution is 0.600. The molecule has 0 aliphatic rings. The number of aryl methyl sites for hydroxylation is 2. The van der Waals surface area contributed by atoms with Crippen LogP contribution in [0.25, 0.3) is 0 Å². The van der Waals surface area contributed by atoms with Gasteiger partial charge in [-0.2, -0.15) is 0 Å². The van der Waals surface area contributed by atoms with Gasteiger partial charge in [0.2, 0.25) is 0 Å². The van der Waals surface area contributed by atoms with Gasteiger partial charge in [-0.3, -0.25) is 4.72 Å². The van der Waals surface area contributed by atoms with E-state index in [-0.39, 0.29) is 14.8 Å². The minimum absolute atomic E-state index is 0.0470. The summed E-state index contributed by atoms with van der Waals surface area (Å²) in [6, 6.07) is 8.86. The maximum atomic E-state index is 12.5. The van der Waals surface area contributed by atoms with E-state index in [0.29, 0.717) is 5.69 Å². The fraction of sp³-hybridized carbons (Fsp3) is 0.200. The van der Waals surface area contributed by atoms with Crippen molar-refractivity contribution in [2.45, 2.75) is 23.6 Å². The monoisotopic (exact) mass is 373 g/mol. The zero-order chi connectivity index (χ0) is 17.4. The molecular weight excluding hydrogens is 358 g/mol. The summed E-state index contributed by atoms with van der Waals surface area (Å²) in [4.78, 5) is -0.385. The van der Waals surface area contributed by atoms with Crippen LogP contribution in [0.2, 0.25) is 5.02 Å². The SMILES string of the molecule is Cc1cc(C)cc(NS(=O)(=O)c2cc(S(C)(=O)=O)ccc2Cl)c1. The van der Waals surface area contributed by atoms with E-state index in [1.165, 1.54) is 12.1 Å². The highest BCUT2D eigenvalue weighted by atomic mass is 35.5. The molecule has 0 spiro atoms. The number of halogens is 1. The second-order valence-electron chi connectivity index (χ2n) is 5.35. The van der Waals surface area contributed by atoms with E-state index in [1.807, 2.05) is 19.9 Å². The first kappa shape index (κ1) is 17.8. The maximum absolute atomic E-state index is 12.5. The van der Waals surface area contributed by atoms with Gasteiger partial charge in [0.1, 0.15) is 4.90 Å². The van der Waals surface area contributed by atoms with E-state index in [4.69, 9.17) is 11.6 Å². The summed E-state index contributed by atoms with van der Waals surface area (Å²) in [7, 11) is -7.55. The third kappa shape index (κ3) is 4.25. The third-order valence-electron chi connectivity index (χ3n) is 3.09. The lowest BCUT2D eigenvalue weighted by Gasteiger charge is -2.12. The smallest absolute Gasteiger partial charge is 0.263 e. The molecule has 2 aromatic rings. The van der Waals surface area contributed by atoms with Crippen LogP contribution in [0.4, 0.5) is 5.69 Å². The molecule has 23 heavy (non-hydrogen) atoms. The van der Waals surface area contributed by atoms with Gasteiger partial charge in [0.25, 0.3) is 10.0 Å². The van der Waals surface area contributed by atoms with Gasteiger partial charge < -0.3 is 0 Å². The summed E-state index contributed by atoms with van der Waals surface area (Å²) in [5.41, 5.74) is 2.20. The lowest BCUT2D eigenvalue weighted by atomic mass is 10.1. The van der Waals surface area contributed by atoms with Crippen molar-refractivity contribution >= 4 is 37.1 Å². The fourth-order valence-electron chi connectivity index (χ4n) is 2.16. The van der Waals surface area contributed by atoms with E-state index >= 15 is 0 Å². The van der Waals surface area contributed by atoms with Gasteiger partial charge in [-0.25, -0.2) is 16.8 Å². The van der Waals surface area contributed by atoms with Crippen molar-refractivity contribution in [2.75, 3.05) is 11.0 Å². The molecule has 0 bridgehead atoms. The first-order valence-electron chi connectivity index (χ1n) is 6.60. The Morgan fingerprint density at radius 1 is 0.913 bits per heavy atom. The van der Waals surface area contributed by atoms with E-state index in [2.05, 4.69) is 4.72 Å². The first-order chi connectivity index (χ1) is 10.5. The summed E-state index contributed by atoms with van der Waals surface area (Å²) in [6.07, 6.45) is 1.00. The highest BCUT2D eigenvalue weighted by Gasteiger charge is 2.21. The molecule has 0 fully saturated rings. The molecule has 0 saturated heterocycles. The number of hydrogen-bond acceptors (Lipinski definition) is 4. The van der Waals surface area contributed by atoms with Crippen molar-refractivity contribution in [3.05, 3.63) is 52.5 Å². The zero-order valence-corrected chi connectivity index (χ0v) is 15.2. The predicted molar refractivity (Wildman–Crippen MR) is 91.3 cm³/mol. The Labute approximate surface area is 141 Å². The Hall–Kier alpha value is -1.57. The van der Waals surface area contributed by atoms with Crippen molar-refractivity contribution in [3.63, 3.8) is 0 Å². The second kappa shape index (κ2) is 6.14. The van der Waals surface area contributed by atoms with Crippen LogP contribution in [0.3, 0.4) is 0 Å². The fourth-order valence-corrected chi connectivity index (χ4v) is 4.45. The Balaban J connectivity index is 2.51. The molecule has 2 rings (SSSR count). The molecule has 2 aromatic carbocycles. The van der Waals surface area contributed by atoms with Crippen LogP contribution in [0.5, 0.6) is 0 Å². The quantitative estimate of drug-likeness (QED) is 0.892. The average molecular weight is 374 g/mol. The summed E-state index contributed by atoms with van der Waals surface area (Å²) < 4.78 is 50.7. The van der Waals surface area contributed by atoms with Crippen molar-refractivity contribution < 1.29 is 16.8 Å². The zero-order valence-electron chi connectivity index (χ0n) is 12.8. The minimum Gasteiger partial charge on any atom is -0.280 e. The van der Waals surface area contributed by atoms with Gasteiger partial charge in [-0.15, -0.1) is 0 Å². The summed E-state index contributed by atoms with van der Waals surface area (Å²) >= 11 is 5.95. The third-order valence-corrected chi connectivity index (χ3v) is 6.07. The molecule has 0 aliphatic heterocycles. The molecule has 0 atom stereocenters. The van der Waals surface area contributed by atoms with Crippen molar-refractivity contribution in [1.82, 2.24) is 0 Å². The highest BCUT2D eigenvalue weighted by Crippen LogP contribution is 2.27. The van der Waals surface area contributed by atoms with Crippen LogP contribution >= 0.6 is 11.6 Å². The number of nitrogens with one attached hydrogen (secondary N) is 1. The van der Waals surface area contributed by atoms with Crippen LogP contribution < -0.4 is 4.72 Å². The van der Waals surface area contributed by atoms with Gasteiger partial charge in [-0.1, -0.05) is 17.7 Å². The van der Waals surface area contributed by atoms with E-state index in [0.717, 1.165) is 23.4 Å². The van der Waals surface area contributed by atoms with Gasteiger partial charge >= 0.3 is 0 Å². The van der Waals surface area contributed by atoms with Crippen LogP contribution in [-0.4, -0.2) is 23.1 Å². The molecule has 0 radical (unpaired) electrons. The summed E-state index contributed by atoms with van der Waals surface area (Å²) in [6.45, 7) is 3.70. The average Bonchev–Trinajstić information content (AvgIpc) is 2.35. The topological polar surface area (TPSA) is 80.3 Å². The normalized spacial score (nSPS) is 12.2. The van der Waals surface area contributed by atoms with Crippen LogP contribution in [0.1, 0.15) is 11.1 Å². The molecule has 5 nitrogen and oxygen atoms in total. The second-order valence-corrected chi connectivity index (χ2v) is 9.42. The van der Waals surface area contributed by atoms with Crippen LogP contribution in [-0.2, 0) is 19.9 Å². The van der Waals surface area contributed by atoms with Crippen molar-refractivity contribution in [2.24, 2.45) is 0 Å². The highest BCUT2D eigenvalue weighted by molar-refractivity contribution is 7.93. The van der Waals surface area contributed by atoms with E-state index in [1.54, 1.807) is 12.1 Å². The predicted octanol–water partition coefficient (Wildman–Crippen LogP) is 3.16. The number of rotatable bonds is 4. The van der Waals surface area contributed by atoms with Crippen molar-refractivity contribution in [1.29, 1.82) is 0 Å². The molecule has 8 heteroatoms. The van der Waals surface area contributed by atoms with Crippen LogP contribution in [0.15, 0.2) is 46.2 Å². The molecule has 0 saturated carbocycles. The van der Waals surface area contributed by atoms with E-state index < -0.39 is 19.9 Å². The van der Waals surface area contributed by atoms with Gasteiger partial charge in [0.15, 0.2) is 9.84 Å². The summed E-state index contributed by atoms with van der Waals surface area (Å²) in [5, 5.41) is -0.0470. The molecule has 0 amide bonds. The molecular formula is C15H16ClNO4S2.